The van der Waals surface area contributed by atoms with E-state index in [-0.39, 0.29) is 5.57 Å². The van der Waals surface area contributed by atoms with Gasteiger partial charge in [0.15, 0.2) is 23.0 Å². The third kappa shape index (κ3) is 7.07. The summed E-state index contributed by atoms with van der Waals surface area (Å²) in [4.78, 5) is 30.6. The number of ether oxygens (including phenoxy) is 3. The second-order valence-electron chi connectivity index (χ2n) is 9.69. The fourth-order valence-electron chi connectivity index (χ4n) is 4.89. The summed E-state index contributed by atoms with van der Waals surface area (Å²) in [5.41, 5.74) is 1.58. The molecule has 0 aromatic heterocycles. The van der Waals surface area contributed by atoms with Gasteiger partial charge in [0.1, 0.15) is 0 Å². The SMILES string of the molecule is CCCCCOc1ccc(C2C(C(=O)C=Cc3ccccc3)=C(O)C(=O)N2CCN2CCOCC2)cc1OC. The molecule has 1 N–H and O–H groups in total. The summed E-state index contributed by atoms with van der Waals surface area (Å²) in [7, 11) is 1.57. The number of amides is 1. The number of aliphatic hydroxyl groups excluding tert-OH is 1. The number of nitrogens with zero attached hydrogens (tertiary/aromatic N) is 2. The molecular weight excluding hydrogens is 496 g/mol. The second-order valence-corrected chi connectivity index (χ2v) is 9.69. The second kappa shape index (κ2) is 14.0. The zero-order valence-corrected chi connectivity index (χ0v) is 22.8. The molecule has 2 heterocycles. The number of carbonyl (C=O) groups is 2. The predicted octanol–water partition coefficient (Wildman–Crippen LogP) is 4.57. The van der Waals surface area contributed by atoms with Crippen molar-refractivity contribution >= 4 is 17.8 Å². The van der Waals surface area contributed by atoms with Gasteiger partial charge < -0.3 is 24.2 Å². The van der Waals surface area contributed by atoms with Crippen molar-refractivity contribution in [1.82, 2.24) is 9.80 Å². The van der Waals surface area contributed by atoms with E-state index in [9.17, 15) is 14.7 Å². The number of unbranched alkanes of at least 4 members (excludes halogenated alkanes) is 2. The molecule has 8 nitrogen and oxygen atoms in total. The Morgan fingerprint density at radius 1 is 1.08 bits per heavy atom. The molecule has 1 unspecified atom stereocenters. The fraction of sp³-hybridized carbons (Fsp3) is 0.419. The van der Waals surface area contributed by atoms with Gasteiger partial charge in [0.25, 0.3) is 5.91 Å². The number of morpholine rings is 1. The summed E-state index contributed by atoms with van der Waals surface area (Å²) in [6, 6.07) is 14.1. The highest BCUT2D eigenvalue weighted by molar-refractivity contribution is 6.14. The van der Waals surface area contributed by atoms with Gasteiger partial charge in [-0.25, -0.2) is 0 Å². The Labute approximate surface area is 230 Å². The van der Waals surface area contributed by atoms with Crippen LogP contribution < -0.4 is 9.47 Å². The predicted molar refractivity (Wildman–Crippen MR) is 150 cm³/mol. The molecular formula is C31H38N2O6. The molecule has 1 saturated heterocycles. The van der Waals surface area contributed by atoms with E-state index in [1.807, 2.05) is 42.5 Å². The van der Waals surface area contributed by atoms with Gasteiger partial charge in [-0.15, -0.1) is 0 Å². The highest BCUT2D eigenvalue weighted by Gasteiger charge is 2.43. The maximum Gasteiger partial charge on any atom is 0.290 e. The van der Waals surface area contributed by atoms with E-state index in [4.69, 9.17) is 14.2 Å². The highest BCUT2D eigenvalue weighted by atomic mass is 16.5. The van der Waals surface area contributed by atoms with Crippen LogP contribution in [-0.4, -0.2) is 79.7 Å². The minimum atomic E-state index is -0.755. The molecule has 1 atom stereocenters. The Kier molecular flexibility index (Phi) is 10.2. The van der Waals surface area contributed by atoms with E-state index >= 15 is 0 Å². The number of rotatable bonds is 13. The molecule has 0 bridgehead atoms. The first kappa shape index (κ1) is 28.4. The largest absolute Gasteiger partial charge is 0.503 e. The van der Waals surface area contributed by atoms with Gasteiger partial charge in [-0.2, -0.15) is 0 Å². The molecule has 2 aliphatic heterocycles. The average Bonchev–Trinajstić information content (AvgIpc) is 3.23. The Morgan fingerprint density at radius 2 is 1.85 bits per heavy atom. The molecule has 2 aromatic rings. The van der Waals surface area contributed by atoms with Crippen molar-refractivity contribution in [1.29, 1.82) is 0 Å². The van der Waals surface area contributed by atoms with Gasteiger partial charge in [0, 0.05) is 26.2 Å². The van der Waals surface area contributed by atoms with E-state index in [1.54, 1.807) is 24.2 Å². The number of hydrogen-bond acceptors (Lipinski definition) is 7. The lowest BCUT2D eigenvalue weighted by molar-refractivity contribution is -0.129. The summed E-state index contributed by atoms with van der Waals surface area (Å²) in [6.45, 7) is 6.51. The van der Waals surface area contributed by atoms with Crippen LogP contribution in [0, 0.1) is 0 Å². The molecule has 1 fully saturated rings. The molecule has 39 heavy (non-hydrogen) atoms. The molecule has 2 aliphatic rings. The molecule has 2 aromatic carbocycles. The Bertz CT molecular complexity index is 1190. The lowest BCUT2D eigenvalue weighted by atomic mass is 9.95. The number of hydrogen-bond donors (Lipinski definition) is 1. The third-order valence-corrected chi connectivity index (χ3v) is 7.07. The first-order valence-corrected chi connectivity index (χ1v) is 13.7. The molecule has 1 amide bonds. The van der Waals surface area contributed by atoms with Gasteiger partial charge in [0.2, 0.25) is 0 Å². The summed E-state index contributed by atoms with van der Waals surface area (Å²) in [5.74, 6) is -0.358. The lowest BCUT2D eigenvalue weighted by Gasteiger charge is -2.31. The Balaban J connectivity index is 1.63. The van der Waals surface area contributed by atoms with Crippen LogP contribution in [0.3, 0.4) is 0 Å². The van der Waals surface area contributed by atoms with Crippen molar-refractivity contribution in [2.75, 3.05) is 53.1 Å². The molecule has 8 heteroatoms. The number of methoxy groups -OCH3 is 1. The molecule has 4 rings (SSSR count). The maximum absolute atomic E-state index is 13.5. The van der Waals surface area contributed by atoms with Crippen molar-refractivity contribution in [3.63, 3.8) is 0 Å². The van der Waals surface area contributed by atoms with Crippen molar-refractivity contribution in [2.45, 2.75) is 32.2 Å². The Morgan fingerprint density at radius 3 is 2.56 bits per heavy atom. The van der Waals surface area contributed by atoms with Crippen LogP contribution in [0.5, 0.6) is 11.5 Å². The van der Waals surface area contributed by atoms with Crippen LogP contribution in [-0.2, 0) is 14.3 Å². The van der Waals surface area contributed by atoms with Gasteiger partial charge in [-0.1, -0.05) is 62.2 Å². The Hall–Kier alpha value is -3.62. The topological polar surface area (TPSA) is 88.5 Å². The fourth-order valence-corrected chi connectivity index (χ4v) is 4.89. The number of allylic oxidation sites excluding steroid dienone is 1. The molecule has 0 aliphatic carbocycles. The van der Waals surface area contributed by atoms with Gasteiger partial charge in [-0.3, -0.25) is 14.5 Å². The summed E-state index contributed by atoms with van der Waals surface area (Å²) in [5, 5.41) is 11.0. The highest BCUT2D eigenvalue weighted by Crippen LogP contribution is 2.41. The smallest absolute Gasteiger partial charge is 0.290 e. The van der Waals surface area contributed by atoms with E-state index in [0.29, 0.717) is 50.0 Å². The van der Waals surface area contributed by atoms with Crippen molar-refractivity contribution in [3.05, 3.63) is 77.1 Å². The van der Waals surface area contributed by atoms with Crippen LogP contribution in [0.2, 0.25) is 0 Å². The molecule has 0 spiro atoms. The summed E-state index contributed by atoms with van der Waals surface area (Å²) in [6.07, 6.45) is 6.22. The van der Waals surface area contributed by atoms with Crippen molar-refractivity contribution in [2.24, 2.45) is 0 Å². The first-order chi connectivity index (χ1) is 19.0. The summed E-state index contributed by atoms with van der Waals surface area (Å²) >= 11 is 0. The van der Waals surface area contributed by atoms with Gasteiger partial charge in [-0.05, 0) is 35.8 Å². The van der Waals surface area contributed by atoms with Crippen molar-refractivity contribution in [3.8, 4) is 11.5 Å². The standard InChI is InChI=1S/C31H38N2O6/c1-3-4-8-19-39-26-14-12-24(22-27(26)37-2)29-28(25(34)13-11-23-9-6-5-7-10-23)30(35)31(36)33(29)16-15-32-17-20-38-21-18-32/h5-7,9-14,22,29,35H,3-4,8,15-21H2,1-2H3. The van der Waals surface area contributed by atoms with Crippen LogP contribution >= 0.6 is 0 Å². The monoisotopic (exact) mass is 534 g/mol. The van der Waals surface area contributed by atoms with Gasteiger partial charge >= 0.3 is 0 Å². The van der Waals surface area contributed by atoms with E-state index in [0.717, 1.165) is 37.9 Å². The minimum Gasteiger partial charge on any atom is -0.503 e. The zero-order chi connectivity index (χ0) is 27.6. The van der Waals surface area contributed by atoms with Crippen LogP contribution in [0.25, 0.3) is 6.08 Å². The number of ketones is 1. The van der Waals surface area contributed by atoms with Gasteiger partial charge in [0.05, 0.1) is 38.5 Å². The van der Waals surface area contributed by atoms with E-state index in [1.165, 1.54) is 6.08 Å². The van der Waals surface area contributed by atoms with Crippen LogP contribution in [0.4, 0.5) is 0 Å². The van der Waals surface area contributed by atoms with Crippen molar-refractivity contribution < 1.29 is 28.9 Å². The minimum absolute atomic E-state index is 0.0628. The van der Waals surface area contributed by atoms with Crippen LogP contribution in [0.15, 0.2) is 65.9 Å². The normalized spacial score (nSPS) is 18.3. The molecule has 0 saturated carbocycles. The van der Waals surface area contributed by atoms with Crippen LogP contribution in [0.1, 0.15) is 43.4 Å². The molecule has 208 valence electrons. The lowest BCUT2D eigenvalue weighted by Crippen LogP contribution is -2.43. The maximum atomic E-state index is 13.5. The summed E-state index contributed by atoms with van der Waals surface area (Å²) < 4.78 is 17.0. The van der Waals surface area contributed by atoms with E-state index < -0.39 is 23.5 Å². The first-order valence-electron chi connectivity index (χ1n) is 13.7. The average molecular weight is 535 g/mol. The third-order valence-electron chi connectivity index (χ3n) is 7.07. The number of benzene rings is 2. The quantitative estimate of drug-likeness (QED) is 0.297. The molecule has 0 radical (unpaired) electrons. The number of carbonyl (C=O) groups excluding carboxylic acids is 2. The zero-order valence-electron chi connectivity index (χ0n) is 22.8. The van der Waals surface area contributed by atoms with E-state index in [2.05, 4.69) is 11.8 Å². The number of aliphatic hydroxyl groups is 1.